The highest BCUT2D eigenvalue weighted by molar-refractivity contribution is 6.53. The molecule has 1 N–H and O–H groups in total. The van der Waals surface area contributed by atoms with Gasteiger partial charge in [-0.1, -0.05) is 29.3 Å². The van der Waals surface area contributed by atoms with Gasteiger partial charge in [0, 0.05) is 10.7 Å². The first-order chi connectivity index (χ1) is 11.8. The largest absolute Gasteiger partial charge is 0.350 e. The Bertz CT molecular complexity index is 935. The first-order valence-corrected chi connectivity index (χ1v) is 8.44. The van der Waals surface area contributed by atoms with E-state index in [0.29, 0.717) is 22.0 Å². The van der Waals surface area contributed by atoms with Crippen molar-refractivity contribution in [3.63, 3.8) is 0 Å². The van der Waals surface area contributed by atoms with Gasteiger partial charge in [0.05, 0.1) is 5.69 Å². The topological polar surface area (TPSA) is 49.4 Å². The third-order valence-corrected chi connectivity index (χ3v) is 4.79. The Balaban J connectivity index is 1.95. The van der Waals surface area contributed by atoms with Gasteiger partial charge in [0.15, 0.2) is 0 Å². The summed E-state index contributed by atoms with van der Waals surface area (Å²) in [5.41, 5.74) is 4.17. The number of nitrogens with one attached hydrogen (secondary N) is 1. The van der Waals surface area contributed by atoms with Crippen molar-refractivity contribution in [2.75, 3.05) is 10.2 Å². The molecule has 0 bridgehead atoms. The fraction of sp³-hybridized carbons (Fsp3) is 0.158. The minimum Gasteiger partial charge on any atom is -0.350 e. The molecule has 128 valence electrons. The maximum Gasteiger partial charge on any atom is 0.283 e. The molecule has 1 aliphatic rings. The van der Waals surface area contributed by atoms with Gasteiger partial charge >= 0.3 is 0 Å². The number of halogens is 2. The molecule has 6 heteroatoms. The molecule has 1 heterocycles. The summed E-state index contributed by atoms with van der Waals surface area (Å²) in [7, 11) is 0. The number of benzene rings is 2. The molecule has 0 atom stereocenters. The highest BCUT2D eigenvalue weighted by Crippen LogP contribution is 2.33. The maximum absolute atomic E-state index is 12.8. The predicted octanol–water partition coefficient (Wildman–Crippen LogP) is 4.70. The van der Waals surface area contributed by atoms with Crippen LogP contribution in [0.15, 0.2) is 47.1 Å². The van der Waals surface area contributed by atoms with E-state index < -0.39 is 11.8 Å². The monoisotopic (exact) mass is 374 g/mol. The zero-order chi connectivity index (χ0) is 18.3. The van der Waals surface area contributed by atoms with Gasteiger partial charge in [-0.15, -0.1) is 0 Å². The molecule has 0 aliphatic carbocycles. The highest BCUT2D eigenvalue weighted by atomic mass is 35.5. The predicted molar refractivity (Wildman–Crippen MR) is 101 cm³/mol. The lowest BCUT2D eigenvalue weighted by Gasteiger charge is -2.17. The molecule has 0 radical (unpaired) electrons. The Labute approximate surface area is 156 Å². The molecule has 0 unspecified atom stereocenters. The summed E-state index contributed by atoms with van der Waals surface area (Å²) in [6, 6.07) is 10.6. The summed E-state index contributed by atoms with van der Waals surface area (Å²) in [4.78, 5) is 26.4. The van der Waals surface area contributed by atoms with Crippen LogP contribution < -0.4 is 10.2 Å². The number of nitrogens with zero attached hydrogens (tertiary/aromatic N) is 1. The lowest BCUT2D eigenvalue weighted by Crippen LogP contribution is -2.32. The van der Waals surface area contributed by atoms with Crippen molar-refractivity contribution in [1.82, 2.24) is 0 Å². The average molecular weight is 375 g/mol. The number of hydrogen-bond acceptors (Lipinski definition) is 3. The Morgan fingerprint density at radius 1 is 0.840 bits per heavy atom. The van der Waals surface area contributed by atoms with Crippen molar-refractivity contribution >= 4 is 46.4 Å². The fourth-order valence-corrected chi connectivity index (χ4v) is 3.10. The van der Waals surface area contributed by atoms with E-state index >= 15 is 0 Å². The third-order valence-electron chi connectivity index (χ3n) is 4.20. The smallest absolute Gasteiger partial charge is 0.283 e. The number of hydrogen-bond donors (Lipinski definition) is 1. The van der Waals surface area contributed by atoms with Gasteiger partial charge < -0.3 is 5.32 Å². The number of imide groups is 1. The van der Waals surface area contributed by atoms with Gasteiger partial charge in [-0.3, -0.25) is 9.59 Å². The Morgan fingerprint density at radius 2 is 1.56 bits per heavy atom. The van der Waals surface area contributed by atoms with Gasteiger partial charge in [-0.2, -0.15) is 0 Å². The van der Waals surface area contributed by atoms with Crippen LogP contribution in [0, 0.1) is 20.8 Å². The SMILES string of the molecule is Cc1ccc(NC2=C(Cl)C(=O)N(c3ccc(Cl)cc3C)C2=O)cc1C. The zero-order valence-electron chi connectivity index (χ0n) is 14.0. The second-order valence-corrected chi connectivity index (χ2v) is 6.80. The second-order valence-electron chi connectivity index (χ2n) is 5.99. The second kappa shape index (κ2) is 6.54. The number of amides is 2. The normalized spacial score (nSPS) is 14.5. The first-order valence-electron chi connectivity index (χ1n) is 7.68. The molecular formula is C19H16Cl2N2O2. The van der Waals surface area contributed by atoms with Gasteiger partial charge in [-0.25, -0.2) is 4.90 Å². The third kappa shape index (κ3) is 3.15. The van der Waals surface area contributed by atoms with Gasteiger partial charge in [0.2, 0.25) is 0 Å². The van der Waals surface area contributed by atoms with E-state index in [0.717, 1.165) is 16.0 Å². The Morgan fingerprint density at radius 3 is 2.20 bits per heavy atom. The van der Waals surface area contributed by atoms with Crippen LogP contribution in [-0.4, -0.2) is 11.8 Å². The van der Waals surface area contributed by atoms with Gasteiger partial charge in [-0.05, 0) is 67.8 Å². The standard InChI is InChI=1S/C19H16Cl2N2O2/c1-10-4-6-14(9-11(10)2)22-17-16(21)18(24)23(19(17)25)15-7-5-13(20)8-12(15)3/h4-9,22H,1-3H3. The Hall–Kier alpha value is -2.30. The summed E-state index contributed by atoms with van der Waals surface area (Å²) in [5, 5.41) is 3.39. The molecule has 0 aromatic heterocycles. The highest BCUT2D eigenvalue weighted by Gasteiger charge is 2.39. The van der Waals surface area contributed by atoms with Crippen molar-refractivity contribution in [3.8, 4) is 0 Å². The molecule has 0 fully saturated rings. The lowest BCUT2D eigenvalue weighted by atomic mass is 10.1. The number of anilines is 2. The number of carbonyl (C=O) groups is 2. The molecule has 25 heavy (non-hydrogen) atoms. The van der Waals surface area contributed by atoms with Crippen molar-refractivity contribution in [1.29, 1.82) is 0 Å². The van der Waals surface area contributed by atoms with Crippen molar-refractivity contribution in [2.24, 2.45) is 0 Å². The summed E-state index contributed by atoms with van der Waals surface area (Å²) < 4.78 is 0. The van der Waals surface area contributed by atoms with E-state index in [1.807, 2.05) is 32.0 Å². The van der Waals surface area contributed by atoms with Crippen LogP contribution >= 0.6 is 23.2 Å². The molecule has 0 saturated carbocycles. The molecule has 3 rings (SSSR count). The minimum absolute atomic E-state index is 0.0734. The summed E-state index contributed by atoms with van der Waals surface area (Å²) in [6.45, 7) is 5.76. The first kappa shape index (κ1) is 17.5. The van der Waals surface area contributed by atoms with E-state index in [2.05, 4.69) is 5.32 Å². The summed E-state index contributed by atoms with van der Waals surface area (Å²) in [5.74, 6) is -1.04. The molecule has 4 nitrogen and oxygen atoms in total. The van der Waals surface area contributed by atoms with E-state index in [1.165, 1.54) is 0 Å². The zero-order valence-corrected chi connectivity index (χ0v) is 15.5. The molecule has 0 saturated heterocycles. The van der Waals surface area contributed by atoms with Crippen LogP contribution in [0.4, 0.5) is 11.4 Å². The summed E-state index contributed by atoms with van der Waals surface area (Å²) in [6.07, 6.45) is 0. The Kier molecular flexibility index (Phi) is 4.58. The van der Waals surface area contributed by atoms with Crippen molar-refractivity contribution in [3.05, 3.63) is 68.8 Å². The summed E-state index contributed by atoms with van der Waals surface area (Å²) >= 11 is 12.1. The number of rotatable bonds is 3. The van der Waals surface area contributed by atoms with Gasteiger partial charge in [0.25, 0.3) is 11.8 Å². The molecule has 2 aromatic rings. The minimum atomic E-state index is -0.552. The van der Waals surface area contributed by atoms with E-state index in [4.69, 9.17) is 23.2 Å². The quantitative estimate of drug-likeness (QED) is 0.791. The lowest BCUT2D eigenvalue weighted by molar-refractivity contribution is -0.120. The van der Waals surface area contributed by atoms with Crippen LogP contribution in [0.1, 0.15) is 16.7 Å². The van der Waals surface area contributed by atoms with Gasteiger partial charge in [0.1, 0.15) is 10.7 Å². The average Bonchev–Trinajstić information content (AvgIpc) is 2.75. The van der Waals surface area contributed by atoms with Crippen LogP contribution in [-0.2, 0) is 9.59 Å². The number of carbonyl (C=O) groups excluding carboxylic acids is 2. The molecule has 1 aliphatic heterocycles. The maximum atomic E-state index is 12.8. The fourth-order valence-electron chi connectivity index (χ4n) is 2.66. The van der Waals surface area contributed by atoms with Crippen LogP contribution in [0.2, 0.25) is 5.02 Å². The van der Waals surface area contributed by atoms with E-state index in [-0.39, 0.29) is 10.7 Å². The van der Waals surface area contributed by atoms with E-state index in [1.54, 1.807) is 25.1 Å². The number of aryl methyl sites for hydroxylation is 3. The molecular weight excluding hydrogens is 359 g/mol. The van der Waals surface area contributed by atoms with E-state index in [9.17, 15) is 9.59 Å². The molecule has 2 amide bonds. The van der Waals surface area contributed by atoms with Crippen molar-refractivity contribution in [2.45, 2.75) is 20.8 Å². The van der Waals surface area contributed by atoms with Crippen LogP contribution in [0.25, 0.3) is 0 Å². The molecule has 2 aromatic carbocycles. The van der Waals surface area contributed by atoms with Crippen molar-refractivity contribution < 1.29 is 9.59 Å². The van der Waals surface area contributed by atoms with Crippen LogP contribution in [0.5, 0.6) is 0 Å². The molecule has 0 spiro atoms. The van der Waals surface area contributed by atoms with Crippen LogP contribution in [0.3, 0.4) is 0 Å².